The second kappa shape index (κ2) is 7.46. The Morgan fingerprint density at radius 1 is 1.33 bits per heavy atom. The first-order chi connectivity index (χ1) is 8.50. The van der Waals surface area contributed by atoms with E-state index in [2.05, 4.69) is 31.1 Å². The molecule has 0 amide bonds. The molecule has 18 heavy (non-hydrogen) atoms. The molecule has 2 unspecified atom stereocenters. The zero-order chi connectivity index (χ0) is 13.6. The molecule has 2 atom stereocenters. The highest BCUT2D eigenvalue weighted by Gasteiger charge is 2.26. The first-order valence-corrected chi connectivity index (χ1v) is 7.51. The Bertz CT molecular complexity index is 223. The topological polar surface area (TPSA) is 35.5 Å². The van der Waals surface area contributed by atoms with Crippen molar-refractivity contribution in [3.8, 4) is 0 Å². The van der Waals surface area contributed by atoms with Gasteiger partial charge in [0.2, 0.25) is 0 Å². The predicted octanol–water partition coefficient (Wildman–Crippen LogP) is 2.25. The van der Waals surface area contributed by atoms with Crippen molar-refractivity contribution in [1.29, 1.82) is 0 Å². The zero-order valence-corrected chi connectivity index (χ0v) is 12.7. The van der Waals surface area contributed by atoms with Crippen molar-refractivity contribution in [2.45, 2.75) is 64.0 Å². The summed E-state index contributed by atoms with van der Waals surface area (Å²) in [4.78, 5) is 2.47. The van der Waals surface area contributed by atoms with Crippen LogP contribution in [0.25, 0.3) is 0 Å². The quantitative estimate of drug-likeness (QED) is 0.733. The van der Waals surface area contributed by atoms with E-state index in [4.69, 9.17) is 0 Å². The van der Waals surface area contributed by atoms with Crippen LogP contribution in [-0.2, 0) is 0 Å². The van der Waals surface area contributed by atoms with Crippen molar-refractivity contribution in [2.75, 3.05) is 27.2 Å². The Kier molecular flexibility index (Phi) is 6.61. The lowest BCUT2D eigenvalue weighted by molar-refractivity contribution is 0.119. The number of hydrogen-bond donors (Lipinski definition) is 2. The van der Waals surface area contributed by atoms with Crippen LogP contribution in [-0.4, -0.2) is 48.8 Å². The van der Waals surface area contributed by atoms with Crippen molar-refractivity contribution in [2.24, 2.45) is 5.92 Å². The molecule has 1 fully saturated rings. The number of aliphatic hydroxyl groups excluding tert-OH is 1. The molecule has 1 aliphatic carbocycles. The van der Waals surface area contributed by atoms with Crippen molar-refractivity contribution in [3.05, 3.63) is 0 Å². The normalized spacial score (nSPS) is 23.0. The van der Waals surface area contributed by atoms with E-state index in [-0.39, 0.29) is 12.1 Å². The highest BCUT2D eigenvalue weighted by atomic mass is 16.3. The lowest BCUT2D eigenvalue weighted by Gasteiger charge is -2.36. The Hall–Kier alpha value is -0.120. The number of rotatable bonds is 7. The van der Waals surface area contributed by atoms with Crippen LogP contribution >= 0.6 is 0 Å². The Morgan fingerprint density at radius 2 is 1.94 bits per heavy atom. The summed E-state index contributed by atoms with van der Waals surface area (Å²) >= 11 is 0. The molecular formula is C15H32N2O. The zero-order valence-electron chi connectivity index (χ0n) is 12.7. The van der Waals surface area contributed by atoms with Gasteiger partial charge in [-0.2, -0.15) is 0 Å². The van der Waals surface area contributed by atoms with Crippen LogP contribution in [0.5, 0.6) is 0 Å². The molecule has 0 aromatic heterocycles. The summed E-state index contributed by atoms with van der Waals surface area (Å²) in [7, 11) is 4.16. The molecule has 3 nitrogen and oxygen atoms in total. The van der Waals surface area contributed by atoms with Crippen molar-refractivity contribution >= 4 is 0 Å². The van der Waals surface area contributed by atoms with Crippen LogP contribution in [0.1, 0.15) is 52.4 Å². The third-order valence-electron chi connectivity index (χ3n) is 4.72. The van der Waals surface area contributed by atoms with Crippen LogP contribution in [0.4, 0.5) is 0 Å². The molecule has 2 N–H and O–H groups in total. The molecule has 0 aliphatic heterocycles. The smallest absolute Gasteiger partial charge is 0.0611 e. The fourth-order valence-corrected chi connectivity index (χ4v) is 3.01. The summed E-state index contributed by atoms with van der Waals surface area (Å²) < 4.78 is 0. The number of aliphatic hydroxyl groups is 1. The minimum absolute atomic E-state index is 0.153. The van der Waals surface area contributed by atoms with Gasteiger partial charge in [0.15, 0.2) is 0 Å². The summed E-state index contributed by atoms with van der Waals surface area (Å²) in [6.07, 6.45) is 8.05. The van der Waals surface area contributed by atoms with E-state index in [9.17, 15) is 5.11 Å². The SMILES string of the molecule is CNC(C)(CO)CC(C)N(C)CC1CCCCC1. The summed E-state index contributed by atoms with van der Waals surface area (Å²) in [5, 5.41) is 12.7. The van der Waals surface area contributed by atoms with E-state index in [1.165, 1.54) is 38.6 Å². The largest absolute Gasteiger partial charge is 0.394 e. The molecule has 0 saturated heterocycles. The minimum Gasteiger partial charge on any atom is -0.394 e. The lowest BCUT2D eigenvalue weighted by Crippen LogP contribution is -2.49. The molecule has 0 bridgehead atoms. The maximum Gasteiger partial charge on any atom is 0.0611 e. The maximum absolute atomic E-state index is 9.46. The minimum atomic E-state index is -0.153. The lowest BCUT2D eigenvalue weighted by atomic mass is 9.88. The van der Waals surface area contributed by atoms with Gasteiger partial charge in [-0.05, 0) is 53.1 Å². The van der Waals surface area contributed by atoms with Crippen molar-refractivity contribution in [1.82, 2.24) is 10.2 Å². The van der Waals surface area contributed by atoms with Gasteiger partial charge in [-0.25, -0.2) is 0 Å². The Labute approximate surface area is 113 Å². The average molecular weight is 256 g/mol. The van der Waals surface area contributed by atoms with Gasteiger partial charge in [0, 0.05) is 18.1 Å². The number of nitrogens with zero attached hydrogens (tertiary/aromatic N) is 1. The Morgan fingerprint density at radius 3 is 2.44 bits per heavy atom. The second-order valence-corrected chi connectivity index (χ2v) is 6.47. The molecule has 1 aliphatic rings. The molecule has 0 spiro atoms. The summed E-state index contributed by atoms with van der Waals surface area (Å²) in [6.45, 7) is 5.78. The Balaban J connectivity index is 2.37. The van der Waals surface area contributed by atoms with Crippen molar-refractivity contribution in [3.63, 3.8) is 0 Å². The fourth-order valence-electron chi connectivity index (χ4n) is 3.01. The van der Waals surface area contributed by atoms with Gasteiger partial charge in [0.1, 0.15) is 0 Å². The molecular weight excluding hydrogens is 224 g/mol. The predicted molar refractivity (Wildman–Crippen MR) is 77.8 cm³/mol. The molecule has 108 valence electrons. The van der Waals surface area contributed by atoms with Crippen LogP contribution < -0.4 is 5.32 Å². The fraction of sp³-hybridized carbons (Fsp3) is 1.00. The third-order valence-corrected chi connectivity index (χ3v) is 4.72. The monoisotopic (exact) mass is 256 g/mol. The third kappa shape index (κ3) is 4.87. The van der Waals surface area contributed by atoms with Gasteiger partial charge in [-0.1, -0.05) is 19.3 Å². The van der Waals surface area contributed by atoms with E-state index in [0.717, 1.165) is 12.3 Å². The summed E-state index contributed by atoms with van der Waals surface area (Å²) in [6, 6.07) is 0.511. The van der Waals surface area contributed by atoms with Gasteiger partial charge < -0.3 is 15.3 Å². The highest BCUT2D eigenvalue weighted by molar-refractivity contribution is 4.85. The molecule has 0 radical (unpaired) electrons. The van der Waals surface area contributed by atoms with Crippen LogP contribution in [0, 0.1) is 5.92 Å². The number of nitrogens with one attached hydrogen (secondary N) is 1. The van der Waals surface area contributed by atoms with E-state index in [1.807, 2.05) is 7.05 Å². The first-order valence-electron chi connectivity index (χ1n) is 7.51. The van der Waals surface area contributed by atoms with Gasteiger partial charge in [-0.15, -0.1) is 0 Å². The molecule has 1 rings (SSSR count). The van der Waals surface area contributed by atoms with Crippen molar-refractivity contribution < 1.29 is 5.11 Å². The summed E-state index contributed by atoms with van der Waals surface area (Å²) in [5.41, 5.74) is -0.153. The van der Waals surface area contributed by atoms with Gasteiger partial charge in [0.05, 0.1) is 6.61 Å². The van der Waals surface area contributed by atoms with E-state index in [1.54, 1.807) is 0 Å². The number of likely N-dealkylation sites (N-methyl/N-ethyl adjacent to an activating group) is 1. The standard InChI is InChI=1S/C15H32N2O/c1-13(10-15(2,12-18)16-3)17(4)11-14-8-6-5-7-9-14/h13-14,16,18H,5-12H2,1-4H3. The first kappa shape index (κ1) is 15.9. The van der Waals surface area contributed by atoms with E-state index >= 15 is 0 Å². The molecule has 0 aromatic carbocycles. The molecule has 0 aromatic rings. The molecule has 1 saturated carbocycles. The van der Waals surface area contributed by atoms with Gasteiger partial charge in [0.25, 0.3) is 0 Å². The van der Waals surface area contributed by atoms with Gasteiger partial charge in [-0.3, -0.25) is 0 Å². The highest BCUT2D eigenvalue weighted by Crippen LogP contribution is 2.25. The van der Waals surface area contributed by atoms with Gasteiger partial charge >= 0.3 is 0 Å². The van der Waals surface area contributed by atoms with E-state index < -0.39 is 0 Å². The molecule has 0 heterocycles. The average Bonchev–Trinajstić information content (AvgIpc) is 2.39. The summed E-state index contributed by atoms with van der Waals surface area (Å²) in [5.74, 6) is 0.890. The molecule has 3 heteroatoms. The van der Waals surface area contributed by atoms with Crippen LogP contribution in [0.15, 0.2) is 0 Å². The van der Waals surface area contributed by atoms with Crippen LogP contribution in [0.2, 0.25) is 0 Å². The maximum atomic E-state index is 9.46. The van der Waals surface area contributed by atoms with Crippen LogP contribution in [0.3, 0.4) is 0 Å². The number of hydrogen-bond acceptors (Lipinski definition) is 3. The van der Waals surface area contributed by atoms with E-state index in [0.29, 0.717) is 6.04 Å². The second-order valence-electron chi connectivity index (χ2n) is 6.47.